The zero-order chi connectivity index (χ0) is 16.1. The minimum Gasteiger partial charge on any atom is -0.338 e. The van der Waals surface area contributed by atoms with Crippen molar-refractivity contribution in [2.24, 2.45) is 0 Å². The number of carbonyl (C=O) groups is 1. The Hall–Kier alpha value is -2.23. The molecule has 0 saturated carbocycles. The second-order valence-corrected chi connectivity index (χ2v) is 5.26. The van der Waals surface area contributed by atoms with E-state index < -0.39 is 11.6 Å². The van der Waals surface area contributed by atoms with E-state index in [4.69, 9.17) is 0 Å². The number of benzene rings is 2. The molecule has 116 valence electrons. The zero-order valence-corrected chi connectivity index (χ0v) is 12.8. The maximum Gasteiger partial charge on any atom is 0.227 e. The van der Waals surface area contributed by atoms with E-state index in [0.29, 0.717) is 18.5 Å². The predicted molar refractivity (Wildman–Crippen MR) is 82.3 cm³/mol. The first kappa shape index (κ1) is 16.1. The van der Waals surface area contributed by atoms with E-state index in [0.717, 1.165) is 23.3 Å². The van der Waals surface area contributed by atoms with Gasteiger partial charge in [0.25, 0.3) is 0 Å². The molecule has 0 aliphatic carbocycles. The first-order valence-electron chi connectivity index (χ1n) is 7.27. The maximum atomic E-state index is 13.3. The van der Waals surface area contributed by atoms with Crippen molar-refractivity contribution in [3.8, 4) is 0 Å². The lowest BCUT2D eigenvalue weighted by atomic mass is 10.1. The van der Waals surface area contributed by atoms with Crippen LogP contribution in [0.2, 0.25) is 0 Å². The first-order valence-corrected chi connectivity index (χ1v) is 7.27. The summed E-state index contributed by atoms with van der Waals surface area (Å²) in [6.45, 7) is 4.63. The van der Waals surface area contributed by atoms with Crippen LogP contribution in [0.25, 0.3) is 0 Å². The Labute approximate surface area is 129 Å². The highest BCUT2D eigenvalue weighted by Gasteiger charge is 2.14. The van der Waals surface area contributed by atoms with Crippen LogP contribution in [0.3, 0.4) is 0 Å². The zero-order valence-electron chi connectivity index (χ0n) is 12.8. The third-order valence-corrected chi connectivity index (χ3v) is 3.69. The van der Waals surface area contributed by atoms with E-state index in [-0.39, 0.29) is 12.5 Å². The molecule has 0 aliphatic rings. The maximum absolute atomic E-state index is 13.3. The van der Waals surface area contributed by atoms with Gasteiger partial charge >= 0.3 is 0 Å². The van der Waals surface area contributed by atoms with Crippen LogP contribution in [0.15, 0.2) is 42.5 Å². The standard InChI is InChI=1S/C18H19F2NO/c1-3-21(12-14-8-9-16(19)17(20)10-14)18(22)11-15-7-5-4-6-13(15)2/h4-10H,3,11-12H2,1-2H3. The summed E-state index contributed by atoms with van der Waals surface area (Å²) in [5.41, 5.74) is 2.63. The fraction of sp³-hybridized carbons (Fsp3) is 0.278. The van der Waals surface area contributed by atoms with Crippen molar-refractivity contribution >= 4 is 5.91 Å². The molecule has 0 aromatic heterocycles. The summed E-state index contributed by atoms with van der Waals surface area (Å²) >= 11 is 0. The minimum absolute atomic E-state index is 0.0264. The van der Waals surface area contributed by atoms with Crippen LogP contribution in [0, 0.1) is 18.6 Å². The van der Waals surface area contributed by atoms with Gasteiger partial charge in [0.1, 0.15) is 0 Å². The molecule has 0 radical (unpaired) electrons. The molecule has 2 rings (SSSR count). The van der Waals surface area contributed by atoms with Crippen molar-refractivity contribution in [1.29, 1.82) is 0 Å². The fourth-order valence-corrected chi connectivity index (χ4v) is 2.32. The summed E-state index contributed by atoms with van der Waals surface area (Å²) in [6.07, 6.45) is 0.310. The van der Waals surface area contributed by atoms with E-state index >= 15 is 0 Å². The average molecular weight is 303 g/mol. The monoisotopic (exact) mass is 303 g/mol. The van der Waals surface area contributed by atoms with E-state index in [2.05, 4.69) is 0 Å². The van der Waals surface area contributed by atoms with Crippen LogP contribution >= 0.6 is 0 Å². The van der Waals surface area contributed by atoms with Crippen LogP contribution in [0.1, 0.15) is 23.6 Å². The van der Waals surface area contributed by atoms with Gasteiger partial charge in [0.05, 0.1) is 6.42 Å². The molecular weight excluding hydrogens is 284 g/mol. The lowest BCUT2D eigenvalue weighted by Crippen LogP contribution is -2.31. The second-order valence-electron chi connectivity index (χ2n) is 5.26. The van der Waals surface area contributed by atoms with Crippen molar-refractivity contribution in [2.75, 3.05) is 6.54 Å². The molecule has 1 amide bonds. The van der Waals surface area contributed by atoms with Gasteiger partial charge in [0.15, 0.2) is 11.6 Å². The lowest BCUT2D eigenvalue weighted by Gasteiger charge is -2.21. The van der Waals surface area contributed by atoms with Gasteiger partial charge in [-0.2, -0.15) is 0 Å². The quantitative estimate of drug-likeness (QED) is 0.821. The SMILES string of the molecule is CCN(Cc1ccc(F)c(F)c1)C(=O)Cc1ccccc1C. The highest BCUT2D eigenvalue weighted by atomic mass is 19.2. The minimum atomic E-state index is -0.889. The van der Waals surface area contributed by atoms with Gasteiger partial charge in [-0.15, -0.1) is 0 Å². The number of hydrogen-bond donors (Lipinski definition) is 0. The van der Waals surface area contributed by atoms with Gasteiger partial charge < -0.3 is 4.90 Å². The molecule has 2 aromatic rings. The Kier molecular flexibility index (Phi) is 5.26. The van der Waals surface area contributed by atoms with E-state index in [9.17, 15) is 13.6 Å². The summed E-state index contributed by atoms with van der Waals surface area (Å²) < 4.78 is 26.2. The van der Waals surface area contributed by atoms with Crippen LogP contribution in [-0.2, 0) is 17.8 Å². The molecule has 0 N–H and O–H groups in total. The van der Waals surface area contributed by atoms with Gasteiger partial charge in [0, 0.05) is 13.1 Å². The number of likely N-dealkylation sites (N-methyl/N-ethyl adjacent to an activating group) is 1. The summed E-state index contributed by atoms with van der Waals surface area (Å²) in [5, 5.41) is 0. The Bertz CT molecular complexity index is 670. The number of nitrogens with zero attached hydrogens (tertiary/aromatic N) is 1. The summed E-state index contributed by atoms with van der Waals surface area (Å²) in [7, 11) is 0. The molecule has 0 unspecified atom stereocenters. The molecule has 0 aliphatic heterocycles. The molecule has 0 heterocycles. The lowest BCUT2D eigenvalue weighted by molar-refractivity contribution is -0.130. The van der Waals surface area contributed by atoms with Crippen molar-refractivity contribution in [2.45, 2.75) is 26.8 Å². The Balaban J connectivity index is 2.09. The van der Waals surface area contributed by atoms with Crippen LogP contribution in [0.4, 0.5) is 8.78 Å². The van der Waals surface area contributed by atoms with Gasteiger partial charge in [0.2, 0.25) is 5.91 Å². The molecule has 0 spiro atoms. The summed E-state index contributed by atoms with van der Waals surface area (Å²) in [6, 6.07) is 11.5. The van der Waals surface area contributed by atoms with Gasteiger partial charge in [-0.1, -0.05) is 30.3 Å². The Morgan fingerprint density at radius 1 is 1.09 bits per heavy atom. The molecule has 0 bridgehead atoms. The van der Waals surface area contributed by atoms with Crippen LogP contribution in [-0.4, -0.2) is 17.4 Å². The van der Waals surface area contributed by atoms with Crippen LogP contribution < -0.4 is 0 Å². The van der Waals surface area contributed by atoms with Crippen molar-refractivity contribution in [3.05, 3.63) is 70.8 Å². The number of aryl methyl sites for hydroxylation is 1. The highest BCUT2D eigenvalue weighted by Crippen LogP contribution is 2.13. The number of amides is 1. The number of rotatable bonds is 5. The summed E-state index contributed by atoms with van der Waals surface area (Å²) in [4.78, 5) is 14.0. The molecule has 0 fully saturated rings. The number of halogens is 2. The largest absolute Gasteiger partial charge is 0.338 e. The molecule has 2 aromatic carbocycles. The van der Waals surface area contributed by atoms with Crippen molar-refractivity contribution < 1.29 is 13.6 Å². The predicted octanol–water partition coefficient (Wildman–Crippen LogP) is 3.86. The third kappa shape index (κ3) is 3.91. The number of hydrogen-bond acceptors (Lipinski definition) is 1. The molecular formula is C18H19F2NO. The van der Waals surface area contributed by atoms with E-state index in [1.54, 1.807) is 4.90 Å². The molecule has 4 heteroatoms. The Morgan fingerprint density at radius 2 is 1.82 bits per heavy atom. The first-order chi connectivity index (χ1) is 10.5. The fourth-order valence-electron chi connectivity index (χ4n) is 2.32. The van der Waals surface area contributed by atoms with E-state index in [1.807, 2.05) is 38.1 Å². The van der Waals surface area contributed by atoms with Crippen molar-refractivity contribution in [1.82, 2.24) is 4.90 Å². The Morgan fingerprint density at radius 3 is 2.45 bits per heavy atom. The smallest absolute Gasteiger partial charge is 0.227 e. The average Bonchev–Trinajstić information content (AvgIpc) is 2.50. The normalized spacial score (nSPS) is 10.5. The van der Waals surface area contributed by atoms with Crippen LogP contribution in [0.5, 0.6) is 0 Å². The van der Waals surface area contributed by atoms with E-state index in [1.165, 1.54) is 6.07 Å². The second kappa shape index (κ2) is 7.16. The topological polar surface area (TPSA) is 20.3 Å². The number of carbonyl (C=O) groups excluding carboxylic acids is 1. The molecule has 0 atom stereocenters. The molecule has 22 heavy (non-hydrogen) atoms. The van der Waals surface area contributed by atoms with Gasteiger partial charge in [-0.25, -0.2) is 8.78 Å². The summed E-state index contributed by atoms with van der Waals surface area (Å²) in [5.74, 6) is -1.79. The van der Waals surface area contributed by atoms with Crippen molar-refractivity contribution in [3.63, 3.8) is 0 Å². The highest BCUT2D eigenvalue weighted by molar-refractivity contribution is 5.79. The molecule has 2 nitrogen and oxygen atoms in total. The molecule has 0 saturated heterocycles. The third-order valence-electron chi connectivity index (χ3n) is 3.69. The van der Waals surface area contributed by atoms with Gasteiger partial charge in [-0.05, 0) is 42.7 Å². The van der Waals surface area contributed by atoms with Gasteiger partial charge in [-0.3, -0.25) is 4.79 Å².